The van der Waals surface area contributed by atoms with E-state index >= 15 is 0 Å². The van der Waals surface area contributed by atoms with Gasteiger partial charge in [-0.05, 0) is 22.3 Å². The van der Waals surface area contributed by atoms with E-state index in [9.17, 15) is 14.4 Å². The number of likely N-dealkylation sites (tertiary alicyclic amines) is 1. The molecule has 2 amide bonds. The number of carbonyl (C=O) groups excluding carboxylic acids is 2. The summed E-state index contributed by atoms with van der Waals surface area (Å²) in [5, 5.41) is 11.4. The fraction of sp³-hybridized carbons (Fsp3) is 0.320. The van der Waals surface area contributed by atoms with E-state index in [-0.39, 0.29) is 37.2 Å². The van der Waals surface area contributed by atoms with Crippen LogP contribution in [-0.4, -0.2) is 53.7 Å². The molecule has 0 saturated carbocycles. The normalized spacial score (nSPS) is 15.7. The summed E-state index contributed by atoms with van der Waals surface area (Å²) in [5.74, 6) is 1.05. The summed E-state index contributed by atoms with van der Waals surface area (Å²) in [6.45, 7) is 0.832. The van der Waals surface area contributed by atoms with Crippen molar-refractivity contribution in [3.05, 3.63) is 59.7 Å². The van der Waals surface area contributed by atoms with Crippen molar-refractivity contribution in [2.24, 2.45) is 5.92 Å². The number of carboxylic acids is 1. The molecule has 1 fully saturated rings. The van der Waals surface area contributed by atoms with Gasteiger partial charge in [-0.15, -0.1) is 12.3 Å². The van der Waals surface area contributed by atoms with Gasteiger partial charge in [0.25, 0.3) is 0 Å². The summed E-state index contributed by atoms with van der Waals surface area (Å²) in [6.07, 6.45) is 4.73. The third-order valence-electron chi connectivity index (χ3n) is 5.99. The number of nitrogens with one attached hydrogen (secondary N) is 1. The number of nitrogens with zero attached hydrogens (tertiary/aromatic N) is 1. The Bertz CT molecular complexity index is 1040. The Labute approximate surface area is 186 Å². The van der Waals surface area contributed by atoms with Gasteiger partial charge in [-0.25, -0.2) is 4.79 Å². The minimum absolute atomic E-state index is 0.0173. The first-order chi connectivity index (χ1) is 15.5. The molecule has 1 saturated heterocycles. The van der Waals surface area contributed by atoms with Crippen molar-refractivity contribution >= 4 is 18.0 Å². The average molecular weight is 432 g/mol. The van der Waals surface area contributed by atoms with Crippen LogP contribution in [0.1, 0.15) is 29.9 Å². The van der Waals surface area contributed by atoms with Crippen molar-refractivity contribution in [3.8, 4) is 23.5 Å². The number of alkyl carbamates (subject to hydrolysis) is 1. The summed E-state index contributed by atoms with van der Waals surface area (Å²) in [5.41, 5.74) is 4.46. The molecule has 0 radical (unpaired) electrons. The topological polar surface area (TPSA) is 95.9 Å². The van der Waals surface area contributed by atoms with Gasteiger partial charge >= 0.3 is 12.1 Å². The quantitative estimate of drug-likeness (QED) is 0.656. The Balaban J connectivity index is 1.36. The number of terminal acetylenes is 1. The highest BCUT2D eigenvalue weighted by atomic mass is 16.5. The predicted molar refractivity (Wildman–Crippen MR) is 118 cm³/mol. The molecule has 164 valence electrons. The predicted octanol–water partition coefficient (Wildman–Crippen LogP) is 2.85. The lowest BCUT2D eigenvalue weighted by atomic mass is 9.95. The second kappa shape index (κ2) is 9.15. The molecule has 1 unspecified atom stereocenters. The first-order valence-electron chi connectivity index (χ1n) is 10.5. The number of hydrogen-bond donors (Lipinski definition) is 2. The van der Waals surface area contributed by atoms with Crippen LogP contribution in [0, 0.1) is 18.3 Å². The van der Waals surface area contributed by atoms with Gasteiger partial charge in [-0.3, -0.25) is 9.59 Å². The summed E-state index contributed by atoms with van der Waals surface area (Å²) >= 11 is 0. The number of hydrogen-bond acceptors (Lipinski definition) is 4. The molecule has 1 aliphatic carbocycles. The van der Waals surface area contributed by atoms with Crippen molar-refractivity contribution in [1.29, 1.82) is 0 Å². The largest absolute Gasteiger partial charge is 0.481 e. The number of carboxylic acid groups (broad SMARTS) is 1. The van der Waals surface area contributed by atoms with Crippen LogP contribution in [0.3, 0.4) is 0 Å². The lowest BCUT2D eigenvalue weighted by Gasteiger charge is -2.40. The fourth-order valence-corrected chi connectivity index (χ4v) is 4.45. The van der Waals surface area contributed by atoms with Crippen LogP contribution in [0.25, 0.3) is 11.1 Å². The zero-order valence-electron chi connectivity index (χ0n) is 17.5. The SMILES string of the molecule is C#CCC(NC(=O)OCC1c2ccccc2-c2ccccc21)C(=O)N1CC(CC(=O)O)C1. The summed E-state index contributed by atoms with van der Waals surface area (Å²) in [4.78, 5) is 37.5. The Hall–Kier alpha value is -3.79. The molecule has 2 aromatic rings. The van der Waals surface area contributed by atoms with Crippen LogP contribution in [0.4, 0.5) is 4.79 Å². The van der Waals surface area contributed by atoms with Crippen LogP contribution in [0.2, 0.25) is 0 Å². The lowest BCUT2D eigenvalue weighted by molar-refractivity contribution is -0.146. The smallest absolute Gasteiger partial charge is 0.407 e. The third-order valence-corrected chi connectivity index (χ3v) is 5.99. The van der Waals surface area contributed by atoms with Gasteiger partial charge < -0.3 is 20.1 Å². The van der Waals surface area contributed by atoms with Gasteiger partial charge in [0.15, 0.2) is 0 Å². The molecule has 2 aliphatic rings. The van der Waals surface area contributed by atoms with Crippen molar-refractivity contribution in [3.63, 3.8) is 0 Å². The number of benzene rings is 2. The van der Waals surface area contributed by atoms with E-state index in [2.05, 4.69) is 23.4 Å². The maximum Gasteiger partial charge on any atom is 0.407 e. The Morgan fingerprint density at radius 2 is 1.69 bits per heavy atom. The van der Waals surface area contributed by atoms with Crippen molar-refractivity contribution in [2.75, 3.05) is 19.7 Å². The molecule has 0 aromatic heterocycles. The van der Waals surface area contributed by atoms with Crippen molar-refractivity contribution < 1.29 is 24.2 Å². The number of carbonyl (C=O) groups is 3. The lowest BCUT2D eigenvalue weighted by Crippen LogP contribution is -2.57. The highest BCUT2D eigenvalue weighted by Gasteiger charge is 2.36. The molecule has 1 heterocycles. The zero-order chi connectivity index (χ0) is 22.7. The van der Waals surface area contributed by atoms with Gasteiger partial charge in [-0.1, -0.05) is 48.5 Å². The molecule has 4 rings (SSSR count). The maximum absolute atomic E-state index is 12.7. The van der Waals surface area contributed by atoms with Gasteiger partial charge in [0, 0.05) is 31.3 Å². The van der Waals surface area contributed by atoms with E-state index in [0.717, 1.165) is 22.3 Å². The van der Waals surface area contributed by atoms with Crippen molar-refractivity contribution in [2.45, 2.75) is 24.8 Å². The van der Waals surface area contributed by atoms with Crippen LogP contribution < -0.4 is 5.32 Å². The van der Waals surface area contributed by atoms with Gasteiger partial charge in [0.1, 0.15) is 12.6 Å². The molecule has 32 heavy (non-hydrogen) atoms. The van der Waals surface area contributed by atoms with E-state index in [1.165, 1.54) is 4.90 Å². The number of amides is 2. The highest BCUT2D eigenvalue weighted by molar-refractivity contribution is 5.87. The molecule has 2 aromatic carbocycles. The molecule has 1 aliphatic heterocycles. The standard InChI is InChI=1S/C25H24N2O5/c1-2-7-22(24(30)27-13-16(14-27)12-23(28)29)26-25(31)32-15-21-19-10-5-3-8-17(19)18-9-4-6-11-20(18)21/h1,3-6,8-11,16,21-22H,7,12-15H2,(H,26,31)(H,28,29). The minimum atomic E-state index is -0.901. The molecular formula is C25H24N2O5. The van der Waals surface area contributed by atoms with Crippen LogP contribution in [0.5, 0.6) is 0 Å². The van der Waals surface area contributed by atoms with E-state index in [4.69, 9.17) is 16.3 Å². The molecule has 7 heteroatoms. The Morgan fingerprint density at radius 3 is 2.25 bits per heavy atom. The summed E-state index contributed by atoms with van der Waals surface area (Å²) in [7, 11) is 0. The minimum Gasteiger partial charge on any atom is -0.481 e. The second-order valence-electron chi connectivity index (χ2n) is 8.14. The number of rotatable bonds is 7. The van der Waals surface area contributed by atoms with Gasteiger partial charge in [0.05, 0.1) is 6.42 Å². The Kier molecular flexibility index (Phi) is 6.13. The van der Waals surface area contributed by atoms with Crippen molar-refractivity contribution in [1.82, 2.24) is 10.2 Å². The molecule has 0 bridgehead atoms. The fourth-order valence-electron chi connectivity index (χ4n) is 4.45. The number of fused-ring (bicyclic) bond motifs is 3. The first-order valence-corrected chi connectivity index (χ1v) is 10.5. The van der Waals surface area contributed by atoms with E-state index in [1.54, 1.807) is 0 Å². The van der Waals surface area contributed by atoms with E-state index < -0.39 is 18.1 Å². The monoisotopic (exact) mass is 432 g/mol. The average Bonchev–Trinajstić information content (AvgIpc) is 3.07. The first kappa shape index (κ1) is 21.4. The Morgan fingerprint density at radius 1 is 1.09 bits per heavy atom. The highest BCUT2D eigenvalue weighted by Crippen LogP contribution is 2.44. The van der Waals surface area contributed by atoms with Crippen LogP contribution >= 0.6 is 0 Å². The van der Waals surface area contributed by atoms with E-state index in [0.29, 0.717) is 13.1 Å². The molecular weight excluding hydrogens is 408 g/mol. The second-order valence-corrected chi connectivity index (χ2v) is 8.14. The molecule has 0 spiro atoms. The van der Waals surface area contributed by atoms with Crippen LogP contribution in [-0.2, 0) is 14.3 Å². The van der Waals surface area contributed by atoms with Crippen LogP contribution in [0.15, 0.2) is 48.5 Å². The summed E-state index contributed by atoms with van der Waals surface area (Å²) in [6, 6.07) is 15.2. The van der Waals surface area contributed by atoms with Gasteiger partial charge in [-0.2, -0.15) is 0 Å². The third kappa shape index (κ3) is 4.30. The number of aliphatic carboxylic acids is 1. The molecule has 1 atom stereocenters. The maximum atomic E-state index is 12.7. The number of ether oxygens (including phenoxy) is 1. The van der Waals surface area contributed by atoms with E-state index in [1.807, 2.05) is 36.4 Å². The summed E-state index contributed by atoms with van der Waals surface area (Å²) < 4.78 is 5.50. The molecule has 7 nitrogen and oxygen atoms in total. The van der Waals surface area contributed by atoms with Gasteiger partial charge in [0.2, 0.25) is 5.91 Å². The molecule has 2 N–H and O–H groups in total. The zero-order valence-corrected chi connectivity index (χ0v) is 17.5.